The van der Waals surface area contributed by atoms with Crippen LogP contribution >= 0.6 is 11.8 Å². The van der Waals surface area contributed by atoms with Crippen molar-refractivity contribution in [3.63, 3.8) is 0 Å². The largest absolute Gasteiger partial charge is 0.399 e. The first-order valence-electron chi connectivity index (χ1n) is 5.69. The molecule has 0 aliphatic carbocycles. The minimum absolute atomic E-state index is 0.822. The van der Waals surface area contributed by atoms with Crippen LogP contribution in [0.1, 0.15) is 18.1 Å². The van der Waals surface area contributed by atoms with Gasteiger partial charge in [-0.15, -0.1) is 11.8 Å². The lowest BCUT2D eigenvalue weighted by molar-refractivity contribution is 0.659. The summed E-state index contributed by atoms with van der Waals surface area (Å²) in [4.78, 5) is 1.24. The predicted molar refractivity (Wildman–Crippen MR) is 73.1 cm³/mol. The molecule has 0 saturated heterocycles. The number of nitrogens with zero attached hydrogens (tertiary/aromatic N) is 2. The third-order valence-electron chi connectivity index (χ3n) is 2.62. The van der Waals surface area contributed by atoms with Crippen LogP contribution in [0.15, 0.2) is 35.5 Å². The molecule has 3 nitrogen and oxygen atoms in total. The van der Waals surface area contributed by atoms with Gasteiger partial charge in [-0.05, 0) is 31.5 Å². The summed E-state index contributed by atoms with van der Waals surface area (Å²) in [5, 5.41) is 4.27. The molecule has 0 unspecified atom stereocenters. The predicted octanol–water partition coefficient (Wildman–Crippen LogP) is 3.09. The number of rotatable bonds is 4. The first-order chi connectivity index (χ1) is 8.19. The second-order valence-corrected chi connectivity index (χ2v) is 5.04. The fraction of sp³-hybridized carbons (Fsp3) is 0.308. The summed E-state index contributed by atoms with van der Waals surface area (Å²) in [6, 6.07) is 6.03. The van der Waals surface area contributed by atoms with Crippen LogP contribution in [0.25, 0.3) is 0 Å². The molecule has 1 aromatic heterocycles. The molecule has 2 N–H and O–H groups in total. The monoisotopic (exact) mass is 247 g/mol. The van der Waals surface area contributed by atoms with Crippen LogP contribution in [-0.4, -0.2) is 9.78 Å². The maximum atomic E-state index is 5.79. The zero-order valence-electron chi connectivity index (χ0n) is 10.2. The Hall–Kier alpha value is -1.42. The summed E-state index contributed by atoms with van der Waals surface area (Å²) in [5.74, 6) is 0.935. The number of thioether (sulfide) groups is 1. The summed E-state index contributed by atoms with van der Waals surface area (Å²) >= 11 is 1.80. The Morgan fingerprint density at radius 2 is 2.24 bits per heavy atom. The van der Waals surface area contributed by atoms with Crippen molar-refractivity contribution in [2.24, 2.45) is 0 Å². The van der Waals surface area contributed by atoms with Crippen LogP contribution in [0, 0.1) is 6.92 Å². The number of nitrogen functional groups attached to an aromatic ring is 1. The maximum Gasteiger partial charge on any atom is 0.0530 e. The molecule has 0 saturated carbocycles. The number of nitrogens with two attached hydrogens (primary N) is 1. The first kappa shape index (κ1) is 12.0. The van der Waals surface area contributed by atoms with E-state index in [0.29, 0.717) is 0 Å². The molecule has 0 amide bonds. The van der Waals surface area contributed by atoms with Crippen molar-refractivity contribution in [1.82, 2.24) is 9.78 Å². The molecule has 0 bridgehead atoms. The van der Waals surface area contributed by atoms with Crippen LogP contribution in [-0.2, 0) is 12.3 Å². The highest BCUT2D eigenvalue weighted by atomic mass is 32.2. The Morgan fingerprint density at radius 3 is 2.94 bits per heavy atom. The van der Waals surface area contributed by atoms with Crippen LogP contribution in [0.4, 0.5) is 5.69 Å². The van der Waals surface area contributed by atoms with E-state index in [4.69, 9.17) is 5.73 Å². The molecule has 90 valence electrons. The molecule has 2 rings (SSSR count). The molecule has 0 aliphatic rings. The number of anilines is 1. The highest BCUT2D eigenvalue weighted by molar-refractivity contribution is 7.98. The minimum atomic E-state index is 0.822. The van der Waals surface area contributed by atoms with E-state index < -0.39 is 0 Å². The van der Waals surface area contributed by atoms with Crippen LogP contribution in [0.5, 0.6) is 0 Å². The Labute approximate surface area is 106 Å². The van der Waals surface area contributed by atoms with Crippen LogP contribution in [0.3, 0.4) is 0 Å². The maximum absolute atomic E-state index is 5.79. The molecule has 17 heavy (non-hydrogen) atoms. The second-order valence-electron chi connectivity index (χ2n) is 4.02. The van der Waals surface area contributed by atoms with Crippen LogP contribution < -0.4 is 5.73 Å². The standard InChI is InChI=1S/C13H17N3S/c1-3-16-8-11(7-15-16)9-17-13-6-12(14)5-4-10(13)2/h4-8H,3,9,14H2,1-2H3. The van der Waals surface area contributed by atoms with Gasteiger partial charge in [0.1, 0.15) is 0 Å². The van der Waals surface area contributed by atoms with Crippen molar-refractivity contribution in [2.75, 3.05) is 5.73 Å². The number of hydrogen-bond donors (Lipinski definition) is 1. The smallest absolute Gasteiger partial charge is 0.0530 e. The molecule has 1 aromatic carbocycles. The van der Waals surface area contributed by atoms with Crippen molar-refractivity contribution in [2.45, 2.75) is 31.0 Å². The van der Waals surface area contributed by atoms with Gasteiger partial charge in [0.05, 0.1) is 6.20 Å². The Balaban J connectivity index is 2.04. The van der Waals surface area contributed by atoms with E-state index in [1.807, 2.05) is 23.0 Å². The number of aromatic nitrogens is 2. The van der Waals surface area contributed by atoms with Crippen molar-refractivity contribution >= 4 is 17.4 Å². The van der Waals surface area contributed by atoms with E-state index in [0.717, 1.165) is 18.0 Å². The molecular formula is C13H17N3S. The van der Waals surface area contributed by atoms with Gasteiger partial charge in [-0.1, -0.05) is 6.07 Å². The Kier molecular flexibility index (Phi) is 3.74. The highest BCUT2D eigenvalue weighted by Crippen LogP contribution is 2.27. The molecule has 0 atom stereocenters. The molecular weight excluding hydrogens is 230 g/mol. The van der Waals surface area contributed by atoms with Crippen molar-refractivity contribution in [3.05, 3.63) is 41.7 Å². The molecule has 0 fully saturated rings. The third kappa shape index (κ3) is 3.03. The topological polar surface area (TPSA) is 43.8 Å². The van der Waals surface area contributed by atoms with E-state index in [1.165, 1.54) is 16.0 Å². The molecule has 4 heteroatoms. The molecule has 1 heterocycles. The van der Waals surface area contributed by atoms with Crippen molar-refractivity contribution in [1.29, 1.82) is 0 Å². The van der Waals surface area contributed by atoms with Crippen molar-refractivity contribution in [3.8, 4) is 0 Å². The van der Waals surface area contributed by atoms with E-state index in [9.17, 15) is 0 Å². The van der Waals surface area contributed by atoms with E-state index in [2.05, 4.69) is 31.2 Å². The molecule has 0 aliphatic heterocycles. The summed E-state index contributed by atoms with van der Waals surface area (Å²) in [6.07, 6.45) is 4.02. The average Bonchev–Trinajstić information content (AvgIpc) is 2.78. The highest BCUT2D eigenvalue weighted by Gasteiger charge is 2.02. The lowest BCUT2D eigenvalue weighted by atomic mass is 10.2. The molecule has 0 spiro atoms. The summed E-state index contributed by atoms with van der Waals surface area (Å²) in [6.45, 7) is 5.12. The van der Waals surface area contributed by atoms with Gasteiger partial charge in [0, 0.05) is 34.6 Å². The quantitative estimate of drug-likeness (QED) is 0.667. The summed E-state index contributed by atoms with van der Waals surface area (Å²) in [7, 11) is 0. The zero-order valence-corrected chi connectivity index (χ0v) is 11.0. The summed E-state index contributed by atoms with van der Waals surface area (Å²) in [5.41, 5.74) is 9.13. The Bertz CT molecular complexity index is 505. The van der Waals surface area contributed by atoms with E-state index in [-0.39, 0.29) is 0 Å². The first-order valence-corrected chi connectivity index (χ1v) is 6.68. The van der Waals surface area contributed by atoms with Gasteiger partial charge in [0.15, 0.2) is 0 Å². The number of aryl methyl sites for hydroxylation is 2. The molecule has 0 radical (unpaired) electrons. The minimum Gasteiger partial charge on any atom is -0.399 e. The summed E-state index contributed by atoms with van der Waals surface area (Å²) < 4.78 is 1.95. The Morgan fingerprint density at radius 1 is 1.41 bits per heavy atom. The van der Waals surface area contributed by atoms with Gasteiger partial charge < -0.3 is 5.73 Å². The average molecular weight is 247 g/mol. The molecule has 2 aromatic rings. The van der Waals surface area contributed by atoms with E-state index in [1.54, 1.807) is 11.8 Å². The van der Waals surface area contributed by atoms with Gasteiger partial charge >= 0.3 is 0 Å². The number of benzene rings is 1. The number of hydrogen-bond acceptors (Lipinski definition) is 3. The van der Waals surface area contributed by atoms with Gasteiger partial charge in [-0.2, -0.15) is 5.10 Å². The second kappa shape index (κ2) is 5.27. The van der Waals surface area contributed by atoms with Gasteiger partial charge in [0.2, 0.25) is 0 Å². The fourth-order valence-corrected chi connectivity index (χ4v) is 2.57. The zero-order chi connectivity index (χ0) is 12.3. The normalized spacial score (nSPS) is 10.7. The van der Waals surface area contributed by atoms with Gasteiger partial charge in [0.25, 0.3) is 0 Å². The van der Waals surface area contributed by atoms with Gasteiger partial charge in [-0.25, -0.2) is 0 Å². The van der Waals surface area contributed by atoms with Gasteiger partial charge in [-0.3, -0.25) is 4.68 Å². The fourth-order valence-electron chi connectivity index (χ4n) is 1.59. The lowest BCUT2D eigenvalue weighted by Crippen LogP contribution is -1.92. The van der Waals surface area contributed by atoms with Crippen LogP contribution in [0.2, 0.25) is 0 Å². The van der Waals surface area contributed by atoms with Crippen molar-refractivity contribution < 1.29 is 0 Å². The lowest BCUT2D eigenvalue weighted by Gasteiger charge is -2.05. The van der Waals surface area contributed by atoms with E-state index >= 15 is 0 Å². The third-order valence-corrected chi connectivity index (χ3v) is 3.85. The SMILES string of the molecule is CCn1cc(CSc2cc(N)ccc2C)cn1.